The molecule has 0 saturated carbocycles. The largest absolute Gasteiger partial charge is 0.494 e. The van der Waals surface area contributed by atoms with E-state index in [1.54, 1.807) is 24.3 Å². The lowest BCUT2D eigenvalue weighted by Gasteiger charge is -2.14. The molecule has 0 heterocycles. The van der Waals surface area contributed by atoms with Gasteiger partial charge in [-0.05, 0) is 42.8 Å². The van der Waals surface area contributed by atoms with Gasteiger partial charge < -0.3 is 24.3 Å². The molecule has 0 aromatic heterocycles. The van der Waals surface area contributed by atoms with E-state index >= 15 is 0 Å². The van der Waals surface area contributed by atoms with Crippen LogP contribution in [0.15, 0.2) is 36.4 Å². The van der Waals surface area contributed by atoms with E-state index < -0.39 is 0 Å². The summed E-state index contributed by atoms with van der Waals surface area (Å²) >= 11 is 0. The van der Waals surface area contributed by atoms with Crippen molar-refractivity contribution >= 4 is 5.91 Å². The van der Waals surface area contributed by atoms with Gasteiger partial charge in [-0.3, -0.25) is 4.79 Å². The number of hydrogen-bond acceptors (Lipinski definition) is 5. The van der Waals surface area contributed by atoms with Crippen molar-refractivity contribution in [1.29, 1.82) is 0 Å². The number of carbonyl (C=O) groups excluding carboxylic acids is 1. The van der Waals surface area contributed by atoms with Gasteiger partial charge in [-0.15, -0.1) is 0 Å². The number of nitrogens with one attached hydrogen (secondary N) is 1. The zero-order valence-corrected chi connectivity index (χ0v) is 15.0. The minimum absolute atomic E-state index is 0.258. The van der Waals surface area contributed by atoms with E-state index in [-0.39, 0.29) is 11.7 Å². The van der Waals surface area contributed by atoms with Gasteiger partial charge in [0, 0.05) is 12.1 Å². The number of benzene rings is 2. The van der Waals surface area contributed by atoms with Crippen molar-refractivity contribution in [3.05, 3.63) is 47.8 Å². The van der Waals surface area contributed by atoms with Gasteiger partial charge in [-0.1, -0.05) is 0 Å². The van der Waals surface area contributed by atoms with Gasteiger partial charge in [0.1, 0.15) is 11.6 Å². The monoisotopic (exact) mass is 363 g/mol. The summed E-state index contributed by atoms with van der Waals surface area (Å²) in [5.74, 6) is 1.27. The highest BCUT2D eigenvalue weighted by Crippen LogP contribution is 2.38. The zero-order valence-electron chi connectivity index (χ0n) is 15.0. The van der Waals surface area contributed by atoms with Crippen LogP contribution in [0.5, 0.6) is 23.0 Å². The summed E-state index contributed by atoms with van der Waals surface area (Å²) in [6.07, 6.45) is 0.605. The van der Waals surface area contributed by atoms with Crippen molar-refractivity contribution in [3.63, 3.8) is 0 Å². The van der Waals surface area contributed by atoms with Crippen LogP contribution in [0.3, 0.4) is 0 Å². The number of rotatable bonds is 9. The fraction of sp³-hybridized carbons (Fsp3) is 0.316. The Bertz CT molecular complexity index is 708. The Morgan fingerprint density at radius 3 is 2.15 bits per heavy atom. The molecule has 2 aromatic carbocycles. The van der Waals surface area contributed by atoms with Crippen LogP contribution in [0.2, 0.25) is 0 Å². The molecule has 7 heteroatoms. The number of halogens is 1. The molecule has 2 aromatic rings. The van der Waals surface area contributed by atoms with Gasteiger partial charge in [0.25, 0.3) is 5.91 Å². The van der Waals surface area contributed by atoms with Crippen molar-refractivity contribution in [2.75, 3.05) is 34.5 Å². The second-order valence-corrected chi connectivity index (χ2v) is 5.33. The van der Waals surface area contributed by atoms with Gasteiger partial charge in [0.05, 0.1) is 27.9 Å². The third-order valence-corrected chi connectivity index (χ3v) is 3.62. The summed E-state index contributed by atoms with van der Waals surface area (Å²) < 4.78 is 34.0. The predicted molar refractivity (Wildman–Crippen MR) is 94.9 cm³/mol. The molecule has 0 aliphatic rings. The molecule has 6 nitrogen and oxygen atoms in total. The van der Waals surface area contributed by atoms with Crippen molar-refractivity contribution < 1.29 is 28.1 Å². The highest BCUT2D eigenvalue weighted by Gasteiger charge is 2.16. The average Bonchev–Trinajstić information content (AvgIpc) is 2.67. The average molecular weight is 363 g/mol. The van der Waals surface area contributed by atoms with E-state index in [1.807, 2.05) is 0 Å². The van der Waals surface area contributed by atoms with E-state index in [0.29, 0.717) is 48.1 Å². The minimum Gasteiger partial charge on any atom is -0.494 e. The maximum atomic E-state index is 12.8. The van der Waals surface area contributed by atoms with Crippen LogP contribution in [0, 0.1) is 5.82 Å². The molecule has 0 bridgehead atoms. The van der Waals surface area contributed by atoms with E-state index in [2.05, 4.69) is 5.32 Å². The molecular formula is C19H22FNO5. The van der Waals surface area contributed by atoms with Crippen molar-refractivity contribution in [3.8, 4) is 23.0 Å². The maximum absolute atomic E-state index is 12.8. The molecule has 140 valence electrons. The Morgan fingerprint density at radius 2 is 1.62 bits per heavy atom. The first-order valence-corrected chi connectivity index (χ1v) is 8.05. The van der Waals surface area contributed by atoms with E-state index in [9.17, 15) is 9.18 Å². The first kappa shape index (κ1) is 19.4. The standard InChI is InChI=1S/C19H22FNO5/c1-23-16-11-13(12-17(24-2)18(16)25-3)19(22)21-9-4-10-26-15-7-5-14(20)6-8-15/h5-8,11-12H,4,9-10H2,1-3H3,(H,21,22). The van der Waals surface area contributed by atoms with Crippen LogP contribution < -0.4 is 24.3 Å². The number of methoxy groups -OCH3 is 3. The molecule has 1 amide bonds. The summed E-state index contributed by atoms with van der Waals surface area (Å²) in [7, 11) is 4.48. The van der Waals surface area contributed by atoms with Crippen molar-refractivity contribution in [2.24, 2.45) is 0 Å². The molecule has 2 rings (SSSR count). The van der Waals surface area contributed by atoms with Crippen LogP contribution in [0.1, 0.15) is 16.8 Å². The summed E-state index contributed by atoms with van der Waals surface area (Å²) in [5, 5.41) is 2.80. The number of ether oxygens (including phenoxy) is 4. The Hall–Kier alpha value is -2.96. The molecule has 0 atom stereocenters. The molecule has 0 aliphatic carbocycles. The molecule has 0 saturated heterocycles. The van der Waals surface area contributed by atoms with E-state index in [4.69, 9.17) is 18.9 Å². The summed E-state index contributed by atoms with van der Waals surface area (Å²) in [5.41, 5.74) is 0.402. The normalized spacial score (nSPS) is 10.2. The first-order valence-electron chi connectivity index (χ1n) is 8.05. The van der Waals surface area contributed by atoms with Crippen molar-refractivity contribution in [1.82, 2.24) is 5.32 Å². The third-order valence-electron chi connectivity index (χ3n) is 3.62. The third kappa shape index (κ3) is 5.02. The summed E-state index contributed by atoms with van der Waals surface area (Å²) in [6, 6.07) is 8.97. The lowest BCUT2D eigenvalue weighted by molar-refractivity contribution is 0.0950. The SMILES string of the molecule is COc1cc(C(=O)NCCCOc2ccc(F)cc2)cc(OC)c1OC. The van der Waals surface area contributed by atoms with Crippen LogP contribution >= 0.6 is 0 Å². The zero-order chi connectivity index (χ0) is 18.9. The fourth-order valence-electron chi connectivity index (χ4n) is 2.31. The van der Waals surface area contributed by atoms with Crippen LogP contribution in [0.4, 0.5) is 4.39 Å². The fourth-order valence-corrected chi connectivity index (χ4v) is 2.31. The number of carbonyl (C=O) groups is 1. The van der Waals surface area contributed by atoms with Crippen LogP contribution in [0.25, 0.3) is 0 Å². The molecule has 0 fully saturated rings. The Balaban J connectivity index is 1.86. The second kappa shape index (κ2) is 9.50. The molecule has 1 N–H and O–H groups in total. The molecule has 26 heavy (non-hydrogen) atoms. The van der Waals surface area contributed by atoms with Crippen LogP contribution in [-0.2, 0) is 0 Å². The topological polar surface area (TPSA) is 66.0 Å². The number of hydrogen-bond donors (Lipinski definition) is 1. The van der Waals surface area contributed by atoms with Gasteiger partial charge in [-0.25, -0.2) is 4.39 Å². The second-order valence-electron chi connectivity index (χ2n) is 5.33. The molecule has 0 radical (unpaired) electrons. The summed E-state index contributed by atoms with van der Waals surface area (Å²) in [4.78, 5) is 12.3. The number of amides is 1. The van der Waals surface area contributed by atoms with Gasteiger partial charge >= 0.3 is 0 Å². The predicted octanol–water partition coefficient (Wildman–Crippen LogP) is 3.05. The molecular weight excluding hydrogens is 341 g/mol. The Kier molecular flexibility index (Phi) is 7.08. The van der Waals surface area contributed by atoms with Crippen molar-refractivity contribution in [2.45, 2.75) is 6.42 Å². The van der Waals surface area contributed by atoms with E-state index in [1.165, 1.54) is 33.5 Å². The van der Waals surface area contributed by atoms with Crippen LogP contribution in [-0.4, -0.2) is 40.4 Å². The first-order chi connectivity index (χ1) is 12.6. The summed E-state index contributed by atoms with van der Waals surface area (Å²) in [6.45, 7) is 0.831. The highest BCUT2D eigenvalue weighted by atomic mass is 19.1. The lowest BCUT2D eigenvalue weighted by Crippen LogP contribution is -2.25. The maximum Gasteiger partial charge on any atom is 0.251 e. The van der Waals surface area contributed by atoms with Gasteiger partial charge in [0.2, 0.25) is 5.75 Å². The highest BCUT2D eigenvalue weighted by molar-refractivity contribution is 5.95. The smallest absolute Gasteiger partial charge is 0.251 e. The van der Waals surface area contributed by atoms with Gasteiger partial charge in [0.15, 0.2) is 11.5 Å². The Morgan fingerprint density at radius 1 is 1.00 bits per heavy atom. The molecule has 0 spiro atoms. The Labute approximate surface area is 151 Å². The van der Waals surface area contributed by atoms with E-state index in [0.717, 1.165) is 0 Å². The minimum atomic E-state index is -0.310. The molecule has 0 unspecified atom stereocenters. The molecule has 0 aliphatic heterocycles. The quantitative estimate of drug-likeness (QED) is 0.694. The lowest BCUT2D eigenvalue weighted by atomic mass is 10.1. The van der Waals surface area contributed by atoms with Gasteiger partial charge in [-0.2, -0.15) is 0 Å².